The fourth-order valence-corrected chi connectivity index (χ4v) is 5.04. The third-order valence-corrected chi connectivity index (χ3v) is 7.01. The van der Waals surface area contributed by atoms with Gasteiger partial charge in [0, 0.05) is 55.3 Å². The summed E-state index contributed by atoms with van der Waals surface area (Å²) in [6.45, 7) is 6.08. The van der Waals surface area contributed by atoms with Crippen LogP contribution >= 0.6 is 11.3 Å². The minimum atomic E-state index is -2.75. The number of hydrogen-bond acceptors (Lipinski definition) is 7. The Morgan fingerprint density at radius 3 is 2.73 bits per heavy atom. The highest BCUT2D eigenvalue weighted by Gasteiger charge is 2.42. The van der Waals surface area contributed by atoms with Gasteiger partial charge in [0.05, 0.1) is 27.0 Å². The zero-order valence-electron chi connectivity index (χ0n) is 21.1. The topological polar surface area (TPSA) is 108 Å². The number of nitrogens with one attached hydrogen (secondary N) is 4. The van der Waals surface area contributed by atoms with Crippen molar-refractivity contribution >= 4 is 50.6 Å². The van der Waals surface area contributed by atoms with E-state index in [0.29, 0.717) is 30.0 Å². The van der Waals surface area contributed by atoms with Crippen LogP contribution in [0.3, 0.4) is 0 Å². The van der Waals surface area contributed by atoms with Crippen molar-refractivity contribution in [2.24, 2.45) is 5.92 Å². The molecule has 1 aromatic carbocycles. The van der Waals surface area contributed by atoms with Crippen molar-refractivity contribution in [2.75, 3.05) is 17.2 Å². The lowest BCUT2D eigenvalue weighted by molar-refractivity contribution is -0.126. The molecule has 4 N–H and O–H groups in total. The maximum Gasteiger partial charge on any atom is 0.254 e. The Hall–Kier alpha value is -3.34. The SMILES string of the molecule is CC(C)Nc1cc(Nc2ccc3ncsc3c2)ncc1C(=O)NCC[C@@H](C)NC(=O)[C@@H]1CCC(F)(F)C1. The van der Waals surface area contributed by atoms with Gasteiger partial charge in [0.15, 0.2) is 0 Å². The molecule has 2 heterocycles. The Bertz CT molecular complexity index is 1260. The molecule has 2 atom stereocenters. The molecule has 11 heteroatoms. The summed E-state index contributed by atoms with van der Waals surface area (Å²) in [5.74, 6) is -3.45. The Balaban J connectivity index is 1.33. The number of fused-ring (bicyclic) bond motifs is 1. The zero-order chi connectivity index (χ0) is 26.6. The summed E-state index contributed by atoms with van der Waals surface area (Å²) in [6, 6.07) is 7.51. The first-order valence-electron chi connectivity index (χ1n) is 12.4. The normalized spacial score (nSPS) is 17.5. The van der Waals surface area contributed by atoms with Crippen LogP contribution in [0.25, 0.3) is 10.2 Å². The van der Waals surface area contributed by atoms with Gasteiger partial charge < -0.3 is 21.3 Å². The first kappa shape index (κ1) is 26.7. The standard InChI is InChI=1S/C26H32F2N6O2S/c1-15(2)32-21-11-23(34-18-4-5-20-22(10-18)37-14-31-20)30-13-19(21)25(36)29-9-7-16(3)33-24(35)17-6-8-26(27,28)12-17/h4-5,10-11,13-17H,6-9,12H2,1-3H3,(H,29,36)(H,33,35)(H2,30,32,34)/t16-,17-/m1/s1. The molecule has 0 saturated heterocycles. The molecule has 2 amide bonds. The minimum Gasteiger partial charge on any atom is -0.382 e. The molecule has 1 aliphatic rings. The van der Waals surface area contributed by atoms with E-state index in [0.717, 1.165) is 15.9 Å². The van der Waals surface area contributed by atoms with E-state index in [1.54, 1.807) is 29.8 Å². The monoisotopic (exact) mass is 530 g/mol. The number of nitrogens with zero attached hydrogens (tertiary/aromatic N) is 2. The molecule has 1 aliphatic carbocycles. The van der Waals surface area contributed by atoms with Gasteiger partial charge in [-0.3, -0.25) is 9.59 Å². The van der Waals surface area contributed by atoms with Crippen LogP contribution in [0.5, 0.6) is 0 Å². The molecule has 1 fully saturated rings. The average molecular weight is 531 g/mol. The number of alkyl halides is 2. The van der Waals surface area contributed by atoms with Gasteiger partial charge in [-0.15, -0.1) is 11.3 Å². The molecular formula is C26H32F2N6O2S. The van der Waals surface area contributed by atoms with Gasteiger partial charge in [-0.25, -0.2) is 18.7 Å². The van der Waals surface area contributed by atoms with Crippen molar-refractivity contribution in [3.63, 3.8) is 0 Å². The van der Waals surface area contributed by atoms with Crippen molar-refractivity contribution in [1.82, 2.24) is 20.6 Å². The molecule has 3 aromatic rings. The van der Waals surface area contributed by atoms with Crippen LogP contribution in [0.1, 0.15) is 56.8 Å². The molecule has 37 heavy (non-hydrogen) atoms. The van der Waals surface area contributed by atoms with Crippen molar-refractivity contribution in [3.8, 4) is 0 Å². The van der Waals surface area contributed by atoms with Crippen LogP contribution in [0.15, 0.2) is 36.0 Å². The molecule has 198 valence electrons. The summed E-state index contributed by atoms with van der Waals surface area (Å²) in [5.41, 5.74) is 4.66. The van der Waals surface area contributed by atoms with Crippen LogP contribution in [0.4, 0.5) is 26.0 Å². The zero-order valence-corrected chi connectivity index (χ0v) is 21.9. The van der Waals surface area contributed by atoms with Crippen LogP contribution in [-0.4, -0.2) is 46.3 Å². The van der Waals surface area contributed by atoms with E-state index in [1.165, 1.54) is 6.20 Å². The van der Waals surface area contributed by atoms with Gasteiger partial charge in [-0.2, -0.15) is 0 Å². The number of carbonyl (C=O) groups is 2. The van der Waals surface area contributed by atoms with Crippen LogP contribution in [-0.2, 0) is 4.79 Å². The number of anilines is 3. The summed E-state index contributed by atoms with van der Waals surface area (Å²) in [4.78, 5) is 33.9. The first-order valence-corrected chi connectivity index (χ1v) is 13.3. The fraction of sp³-hybridized carbons (Fsp3) is 0.462. The van der Waals surface area contributed by atoms with Crippen molar-refractivity contribution < 1.29 is 18.4 Å². The van der Waals surface area contributed by atoms with Gasteiger partial charge in [-0.1, -0.05) is 0 Å². The highest BCUT2D eigenvalue weighted by atomic mass is 32.1. The predicted octanol–water partition coefficient (Wildman–Crippen LogP) is 5.32. The largest absolute Gasteiger partial charge is 0.382 e. The van der Waals surface area contributed by atoms with E-state index < -0.39 is 18.3 Å². The Morgan fingerprint density at radius 1 is 1.19 bits per heavy atom. The second-order valence-electron chi connectivity index (χ2n) is 9.82. The molecule has 8 nitrogen and oxygen atoms in total. The Kier molecular flexibility index (Phi) is 8.21. The van der Waals surface area contributed by atoms with Gasteiger partial charge in [0.1, 0.15) is 5.82 Å². The Labute approximate surface area is 218 Å². The molecule has 1 saturated carbocycles. The number of carbonyl (C=O) groups excluding carboxylic acids is 2. The van der Waals surface area contributed by atoms with Gasteiger partial charge >= 0.3 is 0 Å². The van der Waals surface area contributed by atoms with E-state index in [4.69, 9.17) is 0 Å². The average Bonchev–Trinajstić information content (AvgIpc) is 3.44. The highest BCUT2D eigenvalue weighted by Crippen LogP contribution is 2.38. The smallest absolute Gasteiger partial charge is 0.254 e. The van der Waals surface area contributed by atoms with E-state index in [-0.39, 0.29) is 36.7 Å². The number of thiazole rings is 1. The van der Waals surface area contributed by atoms with Crippen LogP contribution in [0.2, 0.25) is 0 Å². The number of amides is 2. The first-order chi connectivity index (χ1) is 17.6. The van der Waals surface area contributed by atoms with E-state index in [2.05, 4.69) is 31.2 Å². The number of hydrogen-bond donors (Lipinski definition) is 4. The second kappa shape index (κ2) is 11.4. The number of benzene rings is 1. The van der Waals surface area contributed by atoms with Crippen molar-refractivity contribution in [3.05, 3.63) is 41.5 Å². The Morgan fingerprint density at radius 2 is 2.00 bits per heavy atom. The number of aromatic nitrogens is 2. The van der Waals surface area contributed by atoms with E-state index >= 15 is 0 Å². The summed E-state index contributed by atoms with van der Waals surface area (Å²) in [6.07, 6.45) is 1.56. The van der Waals surface area contributed by atoms with Gasteiger partial charge in [0.25, 0.3) is 5.91 Å². The summed E-state index contributed by atoms with van der Waals surface area (Å²) in [5, 5.41) is 12.2. The minimum absolute atomic E-state index is 0.0912. The summed E-state index contributed by atoms with van der Waals surface area (Å²) in [7, 11) is 0. The predicted molar refractivity (Wildman–Crippen MR) is 143 cm³/mol. The molecule has 0 aliphatic heterocycles. The summed E-state index contributed by atoms with van der Waals surface area (Å²) < 4.78 is 27.8. The maximum atomic E-state index is 13.4. The lowest BCUT2D eigenvalue weighted by Gasteiger charge is -2.18. The maximum absolute atomic E-state index is 13.4. The van der Waals surface area contributed by atoms with Crippen LogP contribution < -0.4 is 21.3 Å². The summed E-state index contributed by atoms with van der Waals surface area (Å²) >= 11 is 1.56. The molecule has 0 unspecified atom stereocenters. The number of pyridine rings is 1. The molecule has 0 bridgehead atoms. The lowest BCUT2D eigenvalue weighted by Crippen LogP contribution is -2.39. The van der Waals surface area contributed by atoms with Crippen LogP contribution in [0, 0.1) is 5.92 Å². The number of rotatable bonds is 10. The van der Waals surface area contributed by atoms with Gasteiger partial charge in [0.2, 0.25) is 11.8 Å². The molecule has 4 rings (SSSR count). The van der Waals surface area contributed by atoms with Crippen molar-refractivity contribution in [2.45, 2.75) is 64.5 Å². The van der Waals surface area contributed by atoms with E-state index in [1.807, 2.05) is 32.0 Å². The lowest BCUT2D eigenvalue weighted by atomic mass is 10.1. The molecule has 0 radical (unpaired) electrons. The van der Waals surface area contributed by atoms with E-state index in [9.17, 15) is 18.4 Å². The van der Waals surface area contributed by atoms with Crippen molar-refractivity contribution in [1.29, 1.82) is 0 Å². The highest BCUT2D eigenvalue weighted by molar-refractivity contribution is 7.16. The number of halogens is 2. The van der Waals surface area contributed by atoms with Gasteiger partial charge in [-0.05, 0) is 51.8 Å². The molecule has 2 aromatic heterocycles. The molecular weight excluding hydrogens is 498 g/mol. The quantitative estimate of drug-likeness (QED) is 0.283. The third-order valence-electron chi connectivity index (χ3n) is 6.22. The fourth-order valence-electron chi connectivity index (χ4n) is 4.32. The second-order valence-corrected chi connectivity index (χ2v) is 10.7. The third kappa shape index (κ3) is 7.12. The molecule has 0 spiro atoms.